The molecule has 0 radical (unpaired) electrons. The van der Waals surface area contributed by atoms with Crippen molar-refractivity contribution >= 4 is 27.3 Å². The zero-order chi connectivity index (χ0) is 35.3. The number of carbonyl (C=O) groups excluding carboxylic acids is 1. The van der Waals surface area contributed by atoms with E-state index in [9.17, 15) is 18.0 Å². The summed E-state index contributed by atoms with van der Waals surface area (Å²) in [6.45, 7) is 7.01. The molecule has 0 saturated carbocycles. The Morgan fingerprint density at radius 1 is 1.08 bits per heavy atom. The van der Waals surface area contributed by atoms with Gasteiger partial charge in [-0.3, -0.25) is 14.4 Å². The molecular formula is C37H35F4N5O3S. The van der Waals surface area contributed by atoms with Gasteiger partial charge < -0.3 is 14.4 Å². The molecule has 1 amide bonds. The molecule has 1 unspecified atom stereocenters. The van der Waals surface area contributed by atoms with Crippen molar-refractivity contribution in [2.45, 2.75) is 44.9 Å². The second kappa shape index (κ2) is 13.6. The second-order valence-corrected chi connectivity index (χ2v) is 13.5. The van der Waals surface area contributed by atoms with Crippen LogP contribution < -0.4 is 4.74 Å². The van der Waals surface area contributed by atoms with E-state index < -0.39 is 24.1 Å². The third-order valence-electron chi connectivity index (χ3n) is 9.57. The number of nitrogens with zero attached hydrogens (tertiary/aromatic N) is 5. The molecule has 0 N–H and O–H groups in total. The fourth-order valence-electron chi connectivity index (χ4n) is 7.01. The number of pyridine rings is 1. The van der Waals surface area contributed by atoms with Crippen molar-refractivity contribution < 1.29 is 31.8 Å². The van der Waals surface area contributed by atoms with Gasteiger partial charge in [-0.1, -0.05) is 18.7 Å². The molecule has 50 heavy (non-hydrogen) atoms. The van der Waals surface area contributed by atoms with Gasteiger partial charge in [0.05, 0.1) is 42.2 Å². The van der Waals surface area contributed by atoms with Crippen molar-refractivity contribution in [2.75, 3.05) is 33.9 Å². The van der Waals surface area contributed by atoms with Crippen LogP contribution in [0.3, 0.4) is 0 Å². The molecule has 5 aromatic rings. The lowest BCUT2D eigenvalue weighted by atomic mass is 9.91. The topological polar surface area (TPSA) is 72.7 Å². The quantitative estimate of drug-likeness (QED) is 0.0899. The molecule has 13 heteroatoms. The van der Waals surface area contributed by atoms with Gasteiger partial charge in [-0.15, -0.1) is 11.3 Å². The predicted molar refractivity (Wildman–Crippen MR) is 184 cm³/mol. The Morgan fingerprint density at radius 3 is 2.66 bits per heavy atom. The molecule has 0 spiro atoms. The van der Waals surface area contributed by atoms with Crippen molar-refractivity contribution in [1.29, 1.82) is 0 Å². The van der Waals surface area contributed by atoms with Gasteiger partial charge in [0.1, 0.15) is 35.4 Å². The van der Waals surface area contributed by atoms with E-state index in [1.54, 1.807) is 16.8 Å². The Morgan fingerprint density at radius 2 is 1.90 bits per heavy atom. The summed E-state index contributed by atoms with van der Waals surface area (Å²) in [7, 11) is 3.21. The third-order valence-corrected chi connectivity index (χ3v) is 10.5. The standard InChI is InChI=1S/C37H35F4N5O3S/c1-5-31(47)45-9-10-46-28(20(45)2)18-27(43-46)35-33(32-26(39)16-24(38)17-30(32)49-12-11-48-4)36-25(8-13-50-36)34(42-35)22-7-6-21-15-29(37(40)41)44(3)19-23(21)14-22/h5-8,13-14,16-18,20,29,37H,1,9-12,15,19H2,2-4H3/t20-,29?/m1/s1. The number of hydrogen-bond donors (Lipinski definition) is 0. The molecule has 2 aliphatic heterocycles. The van der Waals surface area contributed by atoms with E-state index in [1.165, 1.54) is 24.5 Å². The molecule has 8 nitrogen and oxygen atoms in total. The molecule has 0 aliphatic carbocycles. The van der Waals surface area contributed by atoms with E-state index in [0.717, 1.165) is 39.9 Å². The van der Waals surface area contributed by atoms with Crippen LogP contribution in [-0.2, 0) is 29.0 Å². The summed E-state index contributed by atoms with van der Waals surface area (Å²) in [5, 5.41) is 7.54. The van der Waals surface area contributed by atoms with Crippen LogP contribution in [0.25, 0.3) is 43.9 Å². The normalized spacial score (nSPS) is 17.6. The summed E-state index contributed by atoms with van der Waals surface area (Å²) in [5.74, 6) is -1.82. The van der Waals surface area contributed by atoms with Crippen molar-refractivity contribution in [2.24, 2.45) is 0 Å². The number of halogens is 4. The van der Waals surface area contributed by atoms with Crippen molar-refractivity contribution in [1.82, 2.24) is 24.6 Å². The fraction of sp³-hybridized carbons (Fsp3) is 0.324. The highest BCUT2D eigenvalue weighted by atomic mass is 32.1. The number of benzene rings is 2. The summed E-state index contributed by atoms with van der Waals surface area (Å²) in [4.78, 5) is 21.2. The average molecular weight is 706 g/mol. The Balaban J connectivity index is 1.45. The maximum Gasteiger partial charge on any atom is 0.254 e. The van der Waals surface area contributed by atoms with Crippen molar-refractivity contribution in [3.63, 3.8) is 0 Å². The zero-order valence-electron chi connectivity index (χ0n) is 27.8. The van der Waals surface area contributed by atoms with Crippen LogP contribution in [0.1, 0.15) is 29.8 Å². The number of hydrogen-bond acceptors (Lipinski definition) is 7. The number of thiophene rings is 1. The van der Waals surface area contributed by atoms with Gasteiger partial charge in [-0.05, 0) is 61.2 Å². The number of fused-ring (bicyclic) bond motifs is 3. The van der Waals surface area contributed by atoms with Gasteiger partial charge >= 0.3 is 0 Å². The molecule has 2 atom stereocenters. The highest BCUT2D eigenvalue weighted by molar-refractivity contribution is 7.18. The number of likely N-dealkylation sites (N-methyl/N-ethyl adjacent to an activating group) is 1. The lowest BCUT2D eigenvalue weighted by Gasteiger charge is -2.33. The molecule has 5 heterocycles. The van der Waals surface area contributed by atoms with Gasteiger partial charge in [0, 0.05) is 53.5 Å². The number of aromatic nitrogens is 3. The van der Waals surface area contributed by atoms with E-state index in [-0.39, 0.29) is 42.9 Å². The minimum absolute atomic E-state index is 0.00412. The zero-order valence-corrected chi connectivity index (χ0v) is 28.6. The van der Waals surface area contributed by atoms with Gasteiger partial charge in [0.25, 0.3) is 6.43 Å². The molecule has 2 aromatic carbocycles. The highest BCUT2D eigenvalue weighted by Crippen LogP contribution is 2.47. The van der Waals surface area contributed by atoms with Crippen molar-refractivity contribution in [3.8, 4) is 39.5 Å². The average Bonchev–Trinajstić information content (AvgIpc) is 3.76. The van der Waals surface area contributed by atoms with Gasteiger partial charge in [0.2, 0.25) is 5.91 Å². The first-order valence-corrected chi connectivity index (χ1v) is 17.1. The summed E-state index contributed by atoms with van der Waals surface area (Å²) >= 11 is 1.38. The van der Waals surface area contributed by atoms with E-state index in [0.29, 0.717) is 47.0 Å². The highest BCUT2D eigenvalue weighted by Gasteiger charge is 2.33. The summed E-state index contributed by atoms with van der Waals surface area (Å²) in [5.41, 5.74) is 5.14. The third kappa shape index (κ3) is 5.96. The summed E-state index contributed by atoms with van der Waals surface area (Å²) in [6, 6.07) is 10.3. The lowest BCUT2D eigenvalue weighted by molar-refractivity contribution is -0.129. The maximum atomic E-state index is 16.1. The second-order valence-electron chi connectivity index (χ2n) is 12.5. The smallest absolute Gasteiger partial charge is 0.254 e. The first kappa shape index (κ1) is 33.9. The van der Waals surface area contributed by atoms with Crippen LogP contribution in [0.5, 0.6) is 5.75 Å². The lowest BCUT2D eigenvalue weighted by Crippen LogP contribution is -2.42. The molecule has 260 valence electrons. The maximum absolute atomic E-state index is 16.1. The van der Waals surface area contributed by atoms with E-state index >= 15 is 4.39 Å². The molecule has 0 saturated heterocycles. The first-order chi connectivity index (χ1) is 24.1. The van der Waals surface area contributed by atoms with Gasteiger partial charge in [-0.25, -0.2) is 22.5 Å². The molecule has 3 aromatic heterocycles. The first-order valence-electron chi connectivity index (χ1n) is 16.2. The van der Waals surface area contributed by atoms with Crippen LogP contribution in [0.4, 0.5) is 17.6 Å². The molecule has 0 bridgehead atoms. The van der Waals surface area contributed by atoms with Crippen LogP contribution in [0.15, 0.2) is 60.5 Å². The predicted octanol–water partition coefficient (Wildman–Crippen LogP) is 7.51. The van der Waals surface area contributed by atoms with E-state index in [4.69, 9.17) is 19.6 Å². The van der Waals surface area contributed by atoms with Crippen LogP contribution >= 0.6 is 11.3 Å². The van der Waals surface area contributed by atoms with E-state index in [2.05, 4.69) is 6.58 Å². The molecule has 0 fully saturated rings. The van der Waals surface area contributed by atoms with Gasteiger partial charge in [-0.2, -0.15) is 5.10 Å². The monoisotopic (exact) mass is 705 g/mol. The number of carbonyl (C=O) groups is 1. The fourth-order valence-corrected chi connectivity index (χ4v) is 7.96. The molecular weight excluding hydrogens is 670 g/mol. The number of amides is 1. The van der Waals surface area contributed by atoms with Gasteiger partial charge in [0.15, 0.2) is 0 Å². The SMILES string of the molecule is C=CC(=O)N1CCn2nc(-c3nc(-c4ccc5c(c4)CN(C)C(C(F)F)C5)c4ccsc4c3-c3c(F)cc(F)cc3OCCOC)cc2[C@H]1C. The Bertz CT molecular complexity index is 2110. The number of ether oxygens (including phenoxy) is 2. The van der Waals surface area contributed by atoms with Crippen LogP contribution in [-0.4, -0.2) is 76.9 Å². The Hall–Kier alpha value is -4.59. The minimum atomic E-state index is -2.46. The van der Waals surface area contributed by atoms with Crippen LogP contribution in [0.2, 0.25) is 0 Å². The van der Waals surface area contributed by atoms with E-state index in [1.807, 2.05) is 47.3 Å². The minimum Gasteiger partial charge on any atom is -0.490 e. The largest absolute Gasteiger partial charge is 0.490 e. The van der Waals surface area contributed by atoms with Crippen molar-refractivity contribution in [3.05, 3.63) is 89.0 Å². The Labute approximate surface area is 290 Å². The number of alkyl halides is 2. The Kier molecular flexibility index (Phi) is 9.22. The molecule has 7 rings (SSSR count). The number of methoxy groups -OCH3 is 1. The summed E-state index contributed by atoms with van der Waals surface area (Å²) < 4.78 is 71.8. The van der Waals surface area contributed by atoms with Crippen LogP contribution in [0, 0.1) is 11.6 Å². The molecule has 2 aliphatic rings. The summed E-state index contributed by atoms with van der Waals surface area (Å²) in [6.07, 6.45) is -0.947. The number of rotatable bonds is 9.